The molecule has 0 unspecified atom stereocenters. The number of carbonyl (C=O) groups excluding carboxylic acids is 4. The van der Waals surface area contributed by atoms with Gasteiger partial charge in [-0.3, -0.25) is 19.2 Å². The van der Waals surface area contributed by atoms with Crippen molar-refractivity contribution in [2.45, 2.75) is 31.2 Å². The van der Waals surface area contributed by atoms with Crippen LogP contribution in [0.2, 0.25) is 0 Å². The Bertz CT molecular complexity index is 1490. The monoisotopic (exact) mass is 625 g/mol. The van der Waals surface area contributed by atoms with Crippen molar-refractivity contribution in [3.63, 3.8) is 0 Å². The molecule has 1 atom stereocenters. The van der Waals surface area contributed by atoms with E-state index in [2.05, 4.69) is 16.0 Å². The molecular weight excluding hydrogens is 593 g/mol. The molecule has 232 valence electrons. The minimum absolute atomic E-state index is 0.0577. The summed E-state index contributed by atoms with van der Waals surface area (Å²) in [6.45, 7) is 1.09. The van der Waals surface area contributed by atoms with E-state index in [1.165, 1.54) is 40.5 Å². The molecule has 2 aliphatic heterocycles. The number of hydrogen-bond acceptors (Lipinski definition) is 9. The van der Waals surface area contributed by atoms with Crippen LogP contribution in [-0.4, -0.2) is 73.2 Å². The second-order valence-electron chi connectivity index (χ2n) is 10.3. The highest BCUT2D eigenvalue weighted by atomic mass is 32.1. The number of likely N-dealkylation sites (tertiary alicyclic amines) is 1. The summed E-state index contributed by atoms with van der Waals surface area (Å²) in [5, 5.41) is 10.5. The van der Waals surface area contributed by atoms with E-state index in [0.29, 0.717) is 36.8 Å². The number of nitrogens with two attached hydrogens (primary N) is 1. The third-order valence-electron chi connectivity index (χ3n) is 7.09. The summed E-state index contributed by atoms with van der Waals surface area (Å²) in [5.74, 6) is -2.24. The average molecular weight is 626 g/mol. The minimum Gasteiger partial charge on any atom is -0.457 e. The van der Waals surface area contributed by atoms with Gasteiger partial charge in [0.25, 0.3) is 5.91 Å². The number of nitrogens with zero attached hydrogens (tertiary/aromatic N) is 1. The molecule has 12 nitrogen and oxygen atoms in total. The van der Waals surface area contributed by atoms with Gasteiger partial charge >= 0.3 is 0 Å². The van der Waals surface area contributed by atoms with Gasteiger partial charge in [-0.25, -0.2) is 4.39 Å². The molecule has 0 radical (unpaired) electrons. The fourth-order valence-electron chi connectivity index (χ4n) is 4.90. The van der Waals surface area contributed by atoms with E-state index < -0.39 is 29.6 Å². The molecule has 0 saturated carbocycles. The first-order chi connectivity index (χ1) is 21.2. The van der Waals surface area contributed by atoms with Crippen LogP contribution < -0.4 is 26.4 Å². The van der Waals surface area contributed by atoms with Gasteiger partial charge in [0.15, 0.2) is 5.79 Å². The second-order valence-corrected chi connectivity index (χ2v) is 11.3. The Morgan fingerprint density at radius 3 is 2.39 bits per heavy atom. The molecule has 0 aliphatic carbocycles. The number of carbonyl (C=O) groups is 4. The summed E-state index contributed by atoms with van der Waals surface area (Å²) in [6.07, 6.45) is 0.373. The molecule has 2 fully saturated rings. The standard InChI is InChI=1S/C30H32FN5O7S/c31-20-3-7-23(8-4-20)43-22-5-1-19(2-6-22)28(39)35-16-27(38)36-18-30(41-11-12-42-30)14-25(36)29(40)34-15-24-13-21(17-44-24)33-10-9-26(32)37/h1-8,13,17,25,33H,9-12,14-16,18H2,(H2,32,37)(H,34,40)(H,35,39)/t25-/m0/s1. The SMILES string of the molecule is NC(=O)CCNc1csc(CNC(=O)[C@@H]2CC3(CN2C(=O)CNC(=O)c2ccc(Oc4ccc(F)cc4)cc2)OCCO3)c1. The first-order valence-corrected chi connectivity index (χ1v) is 14.8. The number of anilines is 1. The van der Waals surface area contributed by atoms with E-state index in [1.807, 2.05) is 11.4 Å². The molecule has 0 bridgehead atoms. The van der Waals surface area contributed by atoms with Gasteiger partial charge in [-0.1, -0.05) is 0 Å². The van der Waals surface area contributed by atoms with E-state index in [-0.39, 0.29) is 44.2 Å². The topological polar surface area (TPSA) is 161 Å². The quantitative estimate of drug-likeness (QED) is 0.239. The molecule has 14 heteroatoms. The maximum atomic E-state index is 13.3. The Kier molecular flexibility index (Phi) is 9.72. The van der Waals surface area contributed by atoms with Crippen LogP contribution >= 0.6 is 11.3 Å². The highest BCUT2D eigenvalue weighted by Crippen LogP contribution is 2.35. The fraction of sp³-hybridized carbons (Fsp3) is 0.333. The Hall–Kier alpha value is -4.53. The second kappa shape index (κ2) is 13.8. The van der Waals surface area contributed by atoms with E-state index in [0.717, 1.165) is 10.6 Å². The lowest BCUT2D eigenvalue weighted by Gasteiger charge is -2.24. The van der Waals surface area contributed by atoms with Crippen molar-refractivity contribution < 1.29 is 37.8 Å². The molecule has 2 aromatic carbocycles. The number of benzene rings is 2. The van der Waals surface area contributed by atoms with Gasteiger partial charge in [0.2, 0.25) is 17.7 Å². The predicted octanol–water partition coefficient (Wildman–Crippen LogP) is 2.36. The van der Waals surface area contributed by atoms with E-state index in [1.54, 1.807) is 24.3 Å². The lowest BCUT2D eigenvalue weighted by molar-refractivity contribution is -0.152. The first-order valence-electron chi connectivity index (χ1n) is 14.0. The number of halogens is 1. The van der Waals surface area contributed by atoms with Crippen LogP contribution in [0, 0.1) is 5.82 Å². The Balaban J connectivity index is 1.15. The van der Waals surface area contributed by atoms with E-state index in [4.69, 9.17) is 19.9 Å². The predicted molar refractivity (Wildman–Crippen MR) is 158 cm³/mol. The molecular formula is C30H32FN5O7S. The normalized spacial score (nSPS) is 16.9. The van der Waals surface area contributed by atoms with Crippen molar-refractivity contribution in [3.05, 3.63) is 76.2 Å². The number of hydrogen-bond donors (Lipinski definition) is 4. The van der Waals surface area contributed by atoms with Crippen molar-refractivity contribution in [2.75, 3.05) is 38.2 Å². The molecule has 3 heterocycles. The molecule has 1 spiro atoms. The first kappa shape index (κ1) is 30.9. The number of rotatable bonds is 12. The minimum atomic E-state index is -1.07. The van der Waals surface area contributed by atoms with Crippen LogP contribution in [0.25, 0.3) is 0 Å². The Labute approximate surface area is 256 Å². The fourth-order valence-corrected chi connectivity index (χ4v) is 5.68. The van der Waals surface area contributed by atoms with Gasteiger partial charge < -0.3 is 40.8 Å². The third-order valence-corrected chi connectivity index (χ3v) is 8.02. The van der Waals surface area contributed by atoms with Gasteiger partial charge in [0.05, 0.1) is 32.8 Å². The molecule has 5 rings (SSSR count). The van der Waals surface area contributed by atoms with Crippen LogP contribution in [0.5, 0.6) is 11.5 Å². The molecule has 3 aromatic rings. The van der Waals surface area contributed by atoms with Gasteiger partial charge in [-0.05, 0) is 54.6 Å². The molecule has 2 aliphatic rings. The molecule has 44 heavy (non-hydrogen) atoms. The number of nitrogens with one attached hydrogen (secondary N) is 3. The summed E-state index contributed by atoms with van der Waals surface area (Å²) < 4.78 is 30.3. The summed E-state index contributed by atoms with van der Waals surface area (Å²) >= 11 is 1.44. The van der Waals surface area contributed by atoms with Gasteiger partial charge in [-0.15, -0.1) is 11.3 Å². The zero-order chi connectivity index (χ0) is 31.1. The molecule has 5 N–H and O–H groups in total. The maximum Gasteiger partial charge on any atom is 0.251 e. The highest BCUT2D eigenvalue weighted by Gasteiger charge is 2.52. The summed E-state index contributed by atoms with van der Waals surface area (Å²) in [6, 6.07) is 12.8. The van der Waals surface area contributed by atoms with Crippen molar-refractivity contribution >= 4 is 40.7 Å². The lowest BCUT2D eigenvalue weighted by Crippen LogP contribution is -2.49. The van der Waals surface area contributed by atoms with Crippen LogP contribution in [0.4, 0.5) is 10.1 Å². The van der Waals surface area contributed by atoms with Gasteiger partial charge in [-0.2, -0.15) is 0 Å². The molecule has 1 aromatic heterocycles. The van der Waals surface area contributed by atoms with Crippen molar-refractivity contribution in [3.8, 4) is 11.5 Å². The third kappa shape index (κ3) is 7.89. The van der Waals surface area contributed by atoms with Crippen LogP contribution in [-0.2, 0) is 30.4 Å². The maximum absolute atomic E-state index is 13.3. The van der Waals surface area contributed by atoms with E-state index >= 15 is 0 Å². The number of thiophene rings is 1. The van der Waals surface area contributed by atoms with Crippen molar-refractivity contribution in [2.24, 2.45) is 5.73 Å². The summed E-state index contributed by atoms with van der Waals surface area (Å²) in [5.41, 5.74) is 6.29. The van der Waals surface area contributed by atoms with Gasteiger partial charge in [0.1, 0.15) is 23.4 Å². The zero-order valence-electron chi connectivity index (χ0n) is 23.7. The zero-order valence-corrected chi connectivity index (χ0v) is 24.5. The van der Waals surface area contributed by atoms with Crippen LogP contribution in [0.3, 0.4) is 0 Å². The van der Waals surface area contributed by atoms with Crippen molar-refractivity contribution in [1.82, 2.24) is 15.5 Å². The Morgan fingerprint density at radius 1 is 1.02 bits per heavy atom. The summed E-state index contributed by atoms with van der Waals surface area (Å²) in [7, 11) is 0. The van der Waals surface area contributed by atoms with Crippen molar-refractivity contribution in [1.29, 1.82) is 0 Å². The van der Waals surface area contributed by atoms with Crippen LogP contribution in [0.15, 0.2) is 60.0 Å². The molecule has 2 saturated heterocycles. The number of amides is 4. The number of ether oxygens (including phenoxy) is 3. The average Bonchev–Trinajstić information content (AvgIpc) is 3.77. The largest absolute Gasteiger partial charge is 0.457 e. The highest BCUT2D eigenvalue weighted by molar-refractivity contribution is 7.10. The van der Waals surface area contributed by atoms with Crippen LogP contribution in [0.1, 0.15) is 28.1 Å². The summed E-state index contributed by atoms with van der Waals surface area (Å²) in [4.78, 5) is 52.5. The van der Waals surface area contributed by atoms with E-state index in [9.17, 15) is 23.6 Å². The number of primary amides is 1. The lowest BCUT2D eigenvalue weighted by atomic mass is 10.1. The Morgan fingerprint density at radius 2 is 1.70 bits per heavy atom. The van der Waals surface area contributed by atoms with Gasteiger partial charge in [0, 0.05) is 40.9 Å². The molecule has 4 amide bonds. The smallest absolute Gasteiger partial charge is 0.251 e.